The molecule has 5 nitrogen and oxygen atoms in total. The van der Waals surface area contributed by atoms with Crippen molar-refractivity contribution in [1.29, 1.82) is 0 Å². The summed E-state index contributed by atoms with van der Waals surface area (Å²) in [5.74, 6) is -0.972. The highest BCUT2D eigenvalue weighted by atomic mass is 16.4. The van der Waals surface area contributed by atoms with Gasteiger partial charge in [-0.2, -0.15) is 0 Å². The van der Waals surface area contributed by atoms with Gasteiger partial charge >= 0.3 is 5.97 Å². The lowest BCUT2D eigenvalue weighted by molar-refractivity contribution is -0.140. The van der Waals surface area contributed by atoms with Crippen LogP contribution in [0.25, 0.3) is 0 Å². The monoisotopic (exact) mass is 377 g/mol. The first-order chi connectivity index (χ1) is 11.8. The Labute approximate surface area is 163 Å². The van der Waals surface area contributed by atoms with Gasteiger partial charge in [0, 0.05) is 11.8 Å². The minimum absolute atomic E-state index is 0.0457. The fraction of sp³-hybridized carbons (Fsp3) is 0.857. The van der Waals surface area contributed by atoms with Gasteiger partial charge in [0.25, 0.3) is 0 Å². The van der Waals surface area contributed by atoms with E-state index in [9.17, 15) is 14.4 Å². The smallest absolute Gasteiger partial charge is 0.322 e. The van der Waals surface area contributed by atoms with Crippen LogP contribution in [0.3, 0.4) is 0 Å². The van der Waals surface area contributed by atoms with E-state index in [0.717, 1.165) is 0 Å². The third-order valence-corrected chi connectivity index (χ3v) is 2.49. The Morgan fingerprint density at radius 3 is 1.35 bits per heavy atom. The number of hydrogen-bond acceptors (Lipinski definition) is 3. The molecular weight excluding hydrogens is 330 g/mol. The Morgan fingerprint density at radius 1 is 0.846 bits per heavy atom. The molecule has 0 aliphatic heterocycles. The molecule has 0 saturated heterocycles. The van der Waals surface area contributed by atoms with E-state index < -0.39 is 11.4 Å². The van der Waals surface area contributed by atoms with Crippen LogP contribution in [0.4, 0.5) is 0 Å². The van der Waals surface area contributed by atoms with Crippen molar-refractivity contribution in [2.24, 2.45) is 10.8 Å². The number of carboxylic acid groups (broad SMARTS) is 1. The van der Waals surface area contributed by atoms with Gasteiger partial charge in [0.2, 0.25) is 5.91 Å². The lowest BCUT2D eigenvalue weighted by Crippen LogP contribution is -2.41. The van der Waals surface area contributed by atoms with E-state index in [0.29, 0.717) is 12.8 Å². The average Bonchev–Trinajstić information content (AvgIpc) is 2.56. The molecule has 0 spiro atoms. The molecule has 0 heterocycles. The molecule has 1 amide bonds. The molecule has 0 aliphatic carbocycles. The highest BCUT2D eigenvalue weighted by Gasteiger charge is 2.32. The number of carboxylic acids is 1. The van der Waals surface area contributed by atoms with Gasteiger partial charge in [-0.3, -0.25) is 9.59 Å². The minimum Gasteiger partial charge on any atom is -0.480 e. The number of carbonyl (C=O) groups excluding carboxylic acids is 2. The maximum Gasteiger partial charge on any atom is 0.322 e. The summed E-state index contributed by atoms with van der Waals surface area (Å²) < 4.78 is 0. The van der Waals surface area contributed by atoms with Crippen LogP contribution in [0.5, 0.6) is 0 Å². The molecule has 0 unspecified atom stereocenters. The van der Waals surface area contributed by atoms with Gasteiger partial charge in [-0.15, -0.1) is 0 Å². The van der Waals surface area contributed by atoms with Crippen molar-refractivity contribution in [1.82, 2.24) is 5.32 Å². The van der Waals surface area contributed by atoms with E-state index in [1.54, 1.807) is 6.92 Å². The Bertz CT molecular complexity index is 342. The van der Waals surface area contributed by atoms with E-state index >= 15 is 0 Å². The summed E-state index contributed by atoms with van der Waals surface area (Å²) in [5, 5.41) is 10.9. The number of amides is 1. The maximum absolute atomic E-state index is 11.7. The number of aliphatic carboxylic acids is 1. The van der Waals surface area contributed by atoms with Crippen LogP contribution < -0.4 is 5.32 Å². The van der Waals surface area contributed by atoms with E-state index in [1.165, 1.54) is 0 Å². The zero-order valence-electron chi connectivity index (χ0n) is 19.8. The third-order valence-electron chi connectivity index (χ3n) is 2.49. The van der Waals surface area contributed by atoms with Crippen molar-refractivity contribution in [3.63, 3.8) is 0 Å². The first-order valence-corrected chi connectivity index (χ1v) is 9.81. The minimum atomic E-state index is -1.02. The first-order valence-electron chi connectivity index (χ1n) is 9.81. The molecule has 26 heavy (non-hydrogen) atoms. The number of ketones is 1. The maximum atomic E-state index is 11.7. The van der Waals surface area contributed by atoms with Crippen LogP contribution in [0.15, 0.2) is 0 Å². The molecule has 0 bridgehead atoms. The second-order valence-corrected chi connectivity index (χ2v) is 6.75. The highest BCUT2D eigenvalue weighted by Crippen LogP contribution is 2.33. The summed E-state index contributed by atoms with van der Waals surface area (Å²) in [6.45, 7) is 24.9. The first kappa shape index (κ1) is 35.7. The number of Topliss-reactive ketones (excluding diaryl/α,β-unsaturated/α-hetero) is 1. The SMILES string of the molecule is CC.CC.CC.CC(C)(C)CC(C)(C)C(=O)NCC(=O)O.CCC(C)=O. The molecule has 0 aromatic rings. The van der Waals surface area contributed by atoms with E-state index in [4.69, 9.17) is 5.11 Å². The van der Waals surface area contributed by atoms with E-state index in [-0.39, 0.29) is 23.7 Å². The fourth-order valence-corrected chi connectivity index (χ4v) is 1.80. The van der Waals surface area contributed by atoms with Crippen molar-refractivity contribution in [2.75, 3.05) is 6.54 Å². The number of hydrogen-bond donors (Lipinski definition) is 2. The molecule has 0 aromatic carbocycles. The molecular formula is C21H47NO4. The Balaban J connectivity index is -0.000000111. The zero-order valence-corrected chi connectivity index (χ0v) is 19.8. The number of nitrogens with one attached hydrogen (secondary N) is 1. The predicted octanol–water partition coefficient (Wildman–Crippen LogP) is 5.71. The second-order valence-electron chi connectivity index (χ2n) is 6.75. The van der Waals surface area contributed by atoms with Crippen molar-refractivity contribution in [2.45, 2.75) is 103 Å². The fourth-order valence-electron chi connectivity index (χ4n) is 1.80. The Kier molecular flexibility index (Phi) is 29.7. The van der Waals surface area contributed by atoms with Crippen LogP contribution in [0.1, 0.15) is 103 Å². The van der Waals surface area contributed by atoms with Gasteiger partial charge in [-0.1, -0.05) is 83.1 Å². The van der Waals surface area contributed by atoms with E-state index in [2.05, 4.69) is 26.1 Å². The Hall–Kier alpha value is -1.39. The lowest BCUT2D eigenvalue weighted by Gasteiger charge is -2.30. The molecule has 0 rings (SSSR count). The molecule has 0 atom stereocenters. The molecule has 0 aromatic heterocycles. The molecule has 5 heteroatoms. The lowest BCUT2D eigenvalue weighted by atomic mass is 9.76. The normalized spacial score (nSPS) is 9.27. The van der Waals surface area contributed by atoms with Gasteiger partial charge in [-0.25, -0.2) is 0 Å². The van der Waals surface area contributed by atoms with Gasteiger partial charge in [0.15, 0.2) is 0 Å². The summed E-state index contributed by atoms with van der Waals surface area (Å²) >= 11 is 0. The standard InChI is InChI=1S/C11H21NO3.C4H8O.3C2H6/c1-10(2,3)7-11(4,5)9(15)12-6-8(13)14;1-3-4(2)5;3*1-2/h6-7H2,1-5H3,(H,12,15)(H,13,14);3H2,1-2H3;3*1-2H3. The largest absolute Gasteiger partial charge is 0.480 e. The summed E-state index contributed by atoms with van der Waals surface area (Å²) in [6.07, 6.45) is 1.38. The predicted molar refractivity (Wildman–Crippen MR) is 114 cm³/mol. The molecule has 2 N–H and O–H groups in total. The van der Waals surface area contributed by atoms with Gasteiger partial charge < -0.3 is 15.2 Å². The van der Waals surface area contributed by atoms with Gasteiger partial charge in [0.05, 0.1) is 0 Å². The van der Waals surface area contributed by atoms with Crippen LogP contribution in [-0.2, 0) is 14.4 Å². The summed E-state index contributed by atoms with van der Waals surface area (Å²) in [7, 11) is 0. The second kappa shape index (κ2) is 21.7. The van der Waals surface area contributed by atoms with Crippen molar-refractivity contribution < 1.29 is 19.5 Å². The quantitative estimate of drug-likeness (QED) is 0.642. The van der Waals surface area contributed by atoms with Crippen LogP contribution >= 0.6 is 0 Å². The molecule has 0 aliphatic rings. The summed E-state index contributed by atoms with van der Waals surface area (Å²) in [6, 6.07) is 0. The van der Waals surface area contributed by atoms with Crippen LogP contribution in [0, 0.1) is 10.8 Å². The Morgan fingerprint density at radius 2 is 1.15 bits per heavy atom. The van der Waals surface area contributed by atoms with Crippen molar-refractivity contribution in [3.05, 3.63) is 0 Å². The van der Waals surface area contributed by atoms with Crippen LogP contribution in [-0.4, -0.2) is 29.3 Å². The highest BCUT2D eigenvalue weighted by molar-refractivity contribution is 5.85. The zero-order chi connectivity index (χ0) is 22.6. The molecule has 0 saturated carbocycles. The third kappa shape index (κ3) is 34.0. The van der Waals surface area contributed by atoms with E-state index in [1.807, 2.05) is 62.3 Å². The topological polar surface area (TPSA) is 83.5 Å². The molecule has 0 radical (unpaired) electrons. The number of carbonyl (C=O) groups is 3. The summed E-state index contributed by atoms with van der Waals surface area (Å²) in [4.78, 5) is 31.8. The average molecular weight is 378 g/mol. The molecule has 0 fully saturated rings. The summed E-state index contributed by atoms with van der Waals surface area (Å²) in [5.41, 5.74) is -0.488. The van der Waals surface area contributed by atoms with Crippen molar-refractivity contribution >= 4 is 17.7 Å². The van der Waals surface area contributed by atoms with Crippen LogP contribution in [0.2, 0.25) is 0 Å². The van der Waals surface area contributed by atoms with Crippen molar-refractivity contribution in [3.8, 4) is 0 Å². The number of rotatable bonds is 5. The van der Waals surface area contributed by atoms with Gasteiger partial charge in [-0.05, 0) is 18.8 Å². The molecule has 160 valence electrons. The van der Waals surface area contributed by atoms with Gasteiger partial charge in [0.1, 0.15) is 12.3 Å².